The first-order valence-corrected chi connectivity index (χ1v) is 12.5. The van der Waals surface area contributed by atoms with E-state index in [1.54, 1.807) is 30.5 Å². The first kappa shape index (κ1) is 24.5. The van der Waals surface area contributed by atoms with Crippen LogP contribution in [-0.2, 0) is 22.4 Å². The molecule has 2 aliphatic rings. The van der Waals surface area contributed by atoms with Crippen LogP contribution < -0.4 is 4.90 Å². The summed E-state index contributed by atoms with van der Waals surface area (Å²) in [6.45, 7) is 3.16. The van der Waals surface area contributed by atoms with Crippen molar-refractivity contribution in [3.05, 3.63) is 112 Å². The summed E-state index contributed by atoms with van der Waals surface area (Å²) < 4.78 is 5.40. The first-order chi connectivity index (χ1) is 18.1. The molecule has 0 spiro atoms. The number of carbonyl (C=O) groups excluding carboxylic acids is 3. The Hall–Kier alpha value is -4.16. The Bertz CT molecular complexity index is 1350. The average Bonchev–Trinajstić information content (AvgIpc) is 3.50. The highest BCUT2D eigenvalue weighted by Crippen LogP contribution is 2.19. The van der Waals surface area contributed by atoms with Crippen molar-refractivity contribution in [1.82, 2.24) is 0 Å². The number of morpholine rings is 1. The SMILES string of the molecule is O=C(Cc1ccc(C(=O)c2ccc(CC(=O)c3ccc(N4CCOCC4)cc3)cc2)cc1)C1=CCC=N1. The van der Waals surface area contributed by atoms with E-state index >= 15 is 0 Å². The molecule has 0 amide bonds. The number of ether oxygens (including phenoxy) is 1. The molecule has 6 nitrogen and oxygen atoms in total. The van der Waals surface area contributed by atoms with Crippen molar-refractivity contribution in [1.29, 1.82) is 0 Å². The van der Waals surface area contributed by atoms with Crippen LogP contribution in [0, 0.1) is 0 Å². The van der Waals surface area contributed by atoms with E-state index in [1.165, 1.54) is 0 Å². The van der Waals surface area contributed by atoms with E-state index in [2.05, 4.69) is 9.89 Å². The van der Waals surface area contributed by atoms with Gasteiger partial charge in [-0.25, -0.2) is 0 Å². The van der Waals surface area contributed by atoms with Gasteiger partial charge in [-0.15, -0.1) is 0 Å². The molecule has 1 fully saturated rings. The maximum atomic E-state index is 12.9. The zero-order valence-corrected chi connectivity index (χ0v) is 20.6. The highest BCUT2D eigenvalue weighted by Gasteiger charge is 2.15. The van der Waals surface area contributed by atoms with Crippen molar-refractivity contribution in [3.8, 4) is 0 Å². The molecular formula is C31H28N2O4. The lowest BCUT2D eigenvalue weighted by atomic mass is 9.97. The van der Waals surface area contributed by atoms with Crippen LogP contribution in [0.4, 0.5) is 5.69 Å². The molecule has 0 atom stereocenters. The smallest absolute Gasteiger partial charge is 0.193 e. The lowest BCUT2D eigenvalue weighted by Gasteiger charge is -2.28. The van der Waals surface area contributed by atoms with Gasteiger partial charge < -0.3 is 9.64 Å². The van der Waals surface area contributed by atoms with Crippen molar-refractivity contribution in [3.63, 3.8) is 0 Å². The summed E-state index contributed by atoms with van der Waals surface area (Å²) in [5, 5.41) is 0. The monoisotopic (exact) mass is 492 g/mol. The molecule has 186 valence electrons. The van der Waals surface area contributed by atoms with Gasteiger partial charge in [0.2, 0.25) is 0 Å². The second-order valence-corrected chi connectivity index (χ2v) is 9.21. The summed E-state index contributed by atoms with van der Waals surface area (Å²) in [5.74, 6) is -0.0830. The fourth-order valence-electron chi connectivity index (χ4n) is 4.51. The molecule has 37 heavy (non-hydrogen) atoms. The van der Waals surface area contributed by atoms with Gasteiger partial charge in [0.15, 0.2) is 17.3 Å². The highest BCUT2D eigenvalue weighted by molar-refractivity contribution is 6.09. The van der Waals surface area contributed by atoms with Crippen molar-refractivity contribution in [2.24, 2.45) is 4.99 Å². The van der Waals surface area contributed by atoms with Crippen molar-refractivity contribution >= 4 is 29.3 Å². The number of nitrogens with zero attached hydrogens (tertiary/aromatic N) is 2. The Morgan fingerprint density at radius 1 is 0.703 bits per heavy atom. The van der Waals surface area contributed by atoms with Gasteiger partial charge in [0.1, 0.15) is 5.70 Å². The van der Waals surface area contributed by atoms with E-state index in [0.717, 1.165) is 43.1 Å². The molecule has 6 heteroatoms. The minimum Gasteiger partial charge on any atom is -0.378 e. The van der Waals surface area contributed by atoms with Gasteiger partial charge in [0.25, 0.3) is 0 Å². The third-order valence-corrected chi connectivity index (χ3v) is 6.66. The summed E-state index contributed by atoms with van der Waals surface area (Å²) in [6.07, 6.45) is 4.77. The summed E-state index contributed by atoms with van der Waals surface area (Å²) >= 11 is 0. The van der Waals surface area contributed by atoms with Gasteiger partial charge in [-0.05, 0) is 41.5 Å². The molecule has 0 N–H and O–H groups in total. The molecule has 3 aromatic rings. The number of ketones is 3. The number of allylic oxidation sites excluding steroid dienone is 2. The Kier molecular flexibility index (Phi) is 7.47. The topological polar surface area (TPSA) is 76.0 Å². The fraction of sp³-hybridized carbons (Fsp3) is 0.226. The van der Waals surface area contributed by atoms with Crippen LogP contribution in [0.5, 0.6) is 0 Å². The first-order valence-electron chi connectivity index (χ1n) is 12.5. The molecule has 0 aromatic heterocycles. The molecule has 2 aliphatic heterocycles. The predicted octanol–water partition coefficient (Wildman–Crippen LogP) is 4.65. The molecule has 2 heterocycles. The highest BCUT2D eigenvalue weighted by atomic mass is 16.5. The summed E-state index contributed by atoms with van der Waals surface area (Å²) in [6, 6.07) is 22.0. The summed E-state index contributed by atoms with van der Waals surface area (Å²) in [7, 11) is 0. The fourth-order valence-corrected chi connectivity index (χ4v) is 4.51. The average molecular weight is 493 g/mol. The van der Waals surface area contributed by atoms with Gasteiger partial charge in [0.05, 0.1) is 13.2 Å². The zero-order chi connectivity index (χ0) is 25.6. The molecule has 0 unspecified atom stereocenters. The van der Waals surface area contributed by atoms with Crippen LogP contribution in [0.3, 0.4) is 0 Å². The molecule has 0 aliphatic carbocycles. The largest absolute Gasteiger partial charge is 0.378 e. The number of anilines is 1. The Morgan fingerprint density at radius 3 is 1.78 bits per heavy atom. The van der Waals surface area contributed by atoms with Crippen molar-refractivity contribution < 1.29 is 19.1 Å². The number of benzene rings is 3. The number of hydrogen-bond acceptors (Lipinski definition) is 6. The number of Topliss-reactive ketones (excluding diaryl/α,β-unsaturated/α-hetero) is 2. The Balaban J connectivity index is 1.17. The Labute approximate surface area is 216 Å². The minimum absolute atomic E-state index is 0.0222. The van der Waals surface area contributed by atoms with Gasteiger partial charge >= 0.3 is 0 Å². The predicted molar refractivity (Wildman–Crippen MR) is 144 cm³/mol. The molecule has 1 saturated heterocycles. The molecule has 0 saturated carbocycles. The maximum absolute atomic E-state index is 12.9. The van der Waals surface area contributed by atoms with Crippen molar-refractivity contribution in [2.75, 3.05) is 31.2 Å². The van der Waals surface area contributed by atoms with Crippen LogP contribution in [0.25, 0.3) is 0 Å². The van der Waals surface area contributed by atoms with Crippen LogP contribution in [0.2, 0.25) is 0 Å². The second-order valence-electron chi connectivity index (χ2n) is 9.21. The number of aliphatic imine (C=N–C) groups is 1. The van der Waals surface area contributed by atoms with Crippen molar-refractivity contribution in [2.45, 2.75) is 19.3 Å². The van der Waals surface area contributed by atoms with Gasteiger partial charge in [-0.2, -0.15) is 0 Å². The van der Waals surface area contributed by atoms with Gasteiger partial charge in [0, 0.05) is 60.9 Å². The van der Waals surface area contributed by atoms with Gasteiger partial charge in [-0.3, -0.25) is 19.4 Å². The van der Waals surface area contributed by atoms with Crippen LogP contribution in [0.15, 0.2) is 89.6 Å². The van der Waals surface area contributed by atoms with E-state index in [1.807, 2.05) is 54.6 Å². The van der Waals surface area contributed by atoms with E-state index < -0.39 is 0 Å². The third-order valence-electron chi connectivity index (χ3n) is 6.66. The lowest BCUT2D eigenvalue weighted by molar-refractivity contribution is -0.115. The zero-order valence-electron chi connectivity index (χ0n) is 20.6. The normalized spacial score (nSPS) is 14.9. The molecule has 0 bridgehead atoms. The standard InChI is InChI=1S/C31H28N2O4/c34-29(24-11-13-27(14-12-24)33-16-18-37-19-17-33)20-22-3-7-25(8-4-22)31(36)26-9-5-23(6-10-26)21-30(35)28-2-1-15-32-28/h2-15H,1,16-21H2. The summed E-state index contributed by atoms with van der Waals surface area (Å²) in [5.41, 5.74) is 5.09. The maximum Gasteiger partial charge on any atom is 0.193 e. The molecule has 0 radical (unpaired) electrons. The van der Waals surface area contributed by atoms with Crippen LogP contribution in [0.1, 0.15) is 43.8 Å². The Morgan fingerprint density at radius 2 is 1.24 bits per heavy atom. The third kappa shape index (κ3) is 5.98. The minimum atomic E-state index is -0.0995. The number of rotatable bonds is 9. The quantitative estimate of drug-likeness (QED) is 0.407. The number of hydrogen-bond donors (Lipinski definition) is 0. The molecular weight excluding hydrogens is 464 g/mol. The van der Waals surface area contributed by atoms with E-state index in [-0.39, 0.29) is 30.2 Å². The van der Waals surface area contributed by atoms with E-state index in [0.29, 0.717) is 28.8 Å². The van der Waals surface area contributed by atoms with E-state index in [4.69, 9.17) is 4.74 Å². The van der Waals surface area contributed by atoms with Gasteiger partial charge in [-0.1, -0.05) is 48.5 Å². The van der Waals surface area contributed by atoms with Crippen LogP contribution >= 0.6 is 0 Å². The lowest BCUT2D eigenvalue weighted by Crippen LogP contribution is -2.36. The molecule has 5 rings (SSSR count). The van der Waals surface area contributed by atoms with Crippen LogP contribution in [-0.4, -0.2) is 49.9 Å². The van der Waals surface area contributed by atoms with E-state index in [9.17, 15) is 14.4 Å². The second kappa shape index (κ2) is 11.3. The summed E-state index contributed by atoms with van der Waals surface area (Å²) in [4.78, 5) is 44.3. The molecule has 3 aromatic carbocycles. The number of carbonyl (C=O) groups is 3.